The molecule has 0 aliphatic heterocycles. The minimum Gasteiger partial charge on any atom is -0.493 e. The minimum atomic E-state index is -0.820. The molecule has 0 saturated heterocycles. The second kappa shape index (κ2) is 9.96. The van der Waals surface area contributed by atoms with Crippen LogP contribution in [0.1, 0.15) is 72.8 Å². The summed E-state index contributed by atoms with van der Waals surface area (Å²) in [7, 11) is 1.49. The number of esters is 1. The number of nitrogens with one attached hydrogen (secondary N) is 1. The number of carbonyl (C=O) groups excluding carboxylic acids is 3. The Kier molecular flexibility index (Phi) is 7.63. The van der Waals surface area contributed by atoms with Gasteiger partial charge in [-0.15, -0.1) is 0 Å². The minimum absolute atomic E-state index is 0.0487. The van der Waals surface area contributed by atoms with Crippen LogP contribution in [-0.2, 0) is 20.7 Å². The smallest absolute Gasteiger partial charge is 0.413 e. The predicted molar refractivity (Wildman–Crippen MR) is 129 cm³/mol. The van der Waals surface area contributed by atoms with Gasteiger partial charge in [0.05, 0.1) is 7.11 Å². The number of aryl methyl sites for hydroxylation is 1. The van der Waals surface area contributed by atoms with Crippen LogP contribution >= 0.6 is 0 Å². The summed E-state index contributed by atoms with van der Waals surface area (Å²) in [5.74, 6) is 0.690. The zero-order chi connectivity index (χ0) is 25.3. The van der Waals surface area contributed by atoms with Crippen LogP contribution in [-0.4, -0.2) is 37.1 Å². The van der Waals surface area contributed by atoms with Crippen molar-refractivity contribution < 1.29 is 28.6 Å². The number of carbonyl (C=O) groups is 3. The molecule has 0 radical (unpaired) electrons. The lowest BCUT2D eigenvalue weighted by atomic mass is 9.70. The Labute approximate surface area is 202 Å². The maximum absolute atomic E-state index is 13.1. The van der Waals surface area contributed by atoms with E-state index in [1.165, 1.54) is 13.5 Å². The molecule has 7 nitrogen and oxygen atoms in total. The average molecular weight is 474 g/mol. The second-order valence-corrected chi connectivity index (χ2v) is 11.0. The van der Waals surface area contributed by atoms with Gasteiger partial charge in [-0.25, -0.2) is 9.59 Å². The van der Waals surface area contributed by atoms with Gasteiger partial charge in [0.15, 0.2) is 11.5 Å². The summed E-state index contributed by atoms with van der Waals surface area (Å²) in [6.07, 6.45) is 3.22. The lowest BCUT2D eigenvalue weighted by Crippen LogP contribution is -2.49. The van der Waals surface area contributed by atoms with Gasteiger partial charge in [-0.05, 0) is 67.6 Å². The maximum atomic E-state index is 13.1. The van der Waals surface area contributed by atoms with E-state index in [0.29, 0.717) is 24.5 Å². The average Bonchev–Trinajstić information content (AvgIpc) is 3.10. The highest BCUT2D eigenvalue weighted by atomic mass is 16.6. The zero-order valence-electron chi connectivity index (χ0n) is 21.5. The van der Waals surface area contributed by atoms with Gasteiger partial charge in [-0.2, -0.15) is 0 Å². The molecule has 2 bridgehead atoms. The molecule has 1 N–H and O–H groups in total. The van der Waals surface area contributed by atoms with Crippen molar-refractivity contribution in [2.75, 3.05) is 7.11 Å². The van der Waals surface area contributed by atoms with Crippen LogP contribution < -0.4 is 14.8 Å². The zero-order valence-corrected chi connectivity index (χ0v) is 21.5. The summed E-state index contributed by atoms with van der Waals surface area (Å²) in [5.41, 5.74) is 0.989. The molecule has 2 saturated carbocycles. The van der Waals surface area contributed by atoms with Crippen molar-refractivity contribution in [2.24, 2.45) is 22.7 Å². The van der Waals surface area contributed by atoms with E-state index in [-0.39, 0.29) is 34.4 Å². The fourth-order valence-corrected chi connectivity index (χ4v) is 5.55. The number of amides is 1. The quantitative estimate of drug-likeness (QED) is 0.503. The van der Waals surface area contributed by atoms with Gasteiger partial charge in [-0.1, -0.05) is 40.7 Å². The van der Waals surface area contributed by atoms with Crippen molar-refractivity contribution in [3.05, 3.63) is 23.8 Å². The molecule has 3 unspecified atom stereocenters. The summed E-state index contributed by atoms with van der Waals surface area (Å²) in [4.78, 5) is 37.0. The molecule has 2 aliphatic rings. The van der Waals surface area contributed by atoms with E-state index in [1.807, 2.05) is 13.8 Å². The highest BCUT2D eigenvalue weighted by molar-refractivity contribution is 5.82. The van der Waals surface area contributed by atoms with Crippen LogP contribution in [0, 0.1) is 22.7 Å². The van der Waals surface area contributed by atoms with Crippen LogP contribution in [0.2, 0.25) is 0 Å². The Morgan fingerprint density at radius 3 is 2.38 bits per heavy atom. The highest BCUT2D eigenvalue weighted by Crippen LogP contribution is 2.66. The van der Waals surface area contributed by atoms with E-state index in [4.69, 9.17) is 14.2 Å². The third-order valence-electron chi connectivity index (χ3n) is 8.36. The first-order chi connectivity index (χ1) is 15.9. The van der Waals surface area contributed by atoms with Crippen LogP contribution in [0.5, 0.6) is 11.5 Å². The Hall–Kier alpha value is -2.57. The van der Waals surface area contributed by atoms with Crippen LogP contribution in [0.3, 0.4) is 0 Å². The van der Waals surface area contributed by atoms with Crippen molar-refractivity contribution in [1.29, 1.82) is 0 Å². The van der Waals surface area contributed by atoms with Crippen LogP contribution in [0.15, 0.2) is 18.2 Å². The number of ketones is 1. The Balaban J connectivity index is 1.64. The molecule has 7 heteroatoms. The van der Waals surface area contributed by atoms with Crippen LogP contribution in [0.4, 0.5) is 4.79 Å². The number of hydrogen-bond donors (Lipinski definition) is 1. The van der Waals surface area contributed by atoms with E-state index in [9.17, 15) is 14.4 Å². The molecule has 1 aromatic carbocycles. The van der Waals surface area contributed by atoms with E-state index in [1.54, 1.807) is 25.1 Å². The number of methoxy groups -OCH3 is 1. The number of rotatable bonds is 9. The van der Waals surface area contributed by atoms with Crippen molar-refractivity contribution in [2.45, 2.75) is 85.8 Å². The van der Waals surface area contributed by atoms with Gasteiger partial charge in [0.2, 0.25) is 0 Å². The third-order valence-corrected chi connectivity index (χ3v) is 8.36. The molecule has 1 amide bonds. The Bertz CT molecular complexity index is 939. The molecule has 1 aromatic rings. The molecular formula is C27H39NO6. The molecule has 0 spiro atoms. The number of ether oxygens (including phenoxy) is 3. The Morgan fingerprint density at radius 2 is 1.85 bits per heavy atom. The molecule has 188 valence electrons. The molecule has 34 heavy (non-hydrogen) atoms. The third kappa shape index (κ3) is 5.08. The van der Waals surface area contributed by atoms with Gasteiger partial charge in [0.25, 0.3) is 0 Å². The van der Waals surface area contributed by atoms with Crippen LogP contribution in [0.25, 0.3) is 0 Å². The maximum Gasteiger partial charge on any atom is 0.413 e. The van der Waals surface area contributed by atoms with Crippen molar-refractivity contribution >= 4 is 17.8 Å². The van der Waals surface area contributed by atoms with Gasteiger partial charge in [0, 0.05) is 11.8 Å². The molecule has 3 rings (SSSR count). The normalized spacial score (nSPS) is 25.6. The Morgan fingerprint density at radius 1 is 1.15 bits per heavy atom. The standard InChI is InChI=1S/C27H39NO6/c1-16(2)23(24(30)34-22-15-19-12-13-27(22,6)26(19,4)5)28-25(31)33-20-11-10-18(9-8-17(3)29)14-21(20)32-7/h10-11,14,16,19,22-23H,8-9,12-13,15H2,1-7H3,(H,28,31)/t19?,22?,23-,27?/m0/s1. The summed E-state index contributed by atoms with van der Waals surface area (Å²) in [6.45, 7) is 12.0. The summed E-state index contributed by atoms with van der Waals surface area (Å²) in [5, 5.41) is 2.69. The van der Waals surface area contributed by atoms with E-state index in [2.05, 4.69) is 26.1 Å². The topological polar surface area (TPSA) is 90.9 Å². The fourth-order valence-electron chi connectivity index (χ4n) is 5.55. The van der Waals surface area contributed by atoms with Gasteiger partial charge >= 0.3 is 12.1 Å². The molecule has 0 heterocycles. The fraction of sp³-hybridized carbons (Fsp3) is 0.667. The van der Waals surface area contributed by atoms with E-state index >= 15 is 0 Å². The largest absolute Gasteiger partial charge is 0.493 e. The molecule has 2 fully saturated rings. The monoisotopic (exact) mass is 473 g/mol. The van der Waals surface area contributed by atoms with Crippen molar-refractivity contribution in [3.8, 4) is 11.5 Å². The number of hydrogen-bond acceptors (Lipinski definition) is 6. The lowest BCUT2D eigenvalue weighted by molar-refractivity contribution is -0.160. The highest BCUT2D eigenvalue weighted by Gasteiger charge is 2.63. The van der Waals surface area contributed by atoms with E-state index in [0.717, 1.165) is 18.4 Å². The molecule has 2 aliphatic carbocycles. The van der Waals surface area contributed by atoms with E-state index < -0.39 is 18.1 Å². The predicted octanol–water partition coefficient (Wildman–Crippen LogP) is 5.09. The van der Waals surface area contributed by atoms with Crippen molar-refractivity contribution in [3.63, 3.8) is 0 Å². The van der Waals surface area contributed by atoms with Gasteiger partial charge in [-0.3, -0.25) is 0 Å². The lowest BCUT2D eigenvalue weighted by Gasteiger charge is -2.39. The summed E-state index contributed by atoms with van der Waals surface area (Å²) >= 11 is 0. The van der Waals surface area contributed by atoms with Crippen molar-refractivity contribution in [1.82, 2.24) is 5.32 Å². The van der Waals surface area contributed by atoms with Gasteiger partial charge in [0.1, 0.15) is 17.9 Å². The van der Waals surface area contributed by atoms with Gasteiger partial charge < -0.3 is 24.3 Å². The summed E-state index contributed by atoms with van der Waals surface area (Å²) in [6, 6.07) is 4.35. The second-order valence-electron chi connectivity index (χ2n) is 11.0. The first kappa shape index (κ1) is 26.0. The SMILES string of the molecule is COc1cc(CCC(C)=O)ccc1OC(=O)N[C@H](C(=O)OC1CC2CCC1(C)C2(C)C)C(C)C. The molecular weight excluding hydrogens is 434 g/mol. The number of benzene rings is 1. The first-order valence-corrected chi connectivity index (χ1v) is 12.2. The number of Topliss-reactive ketones (excluding diaryl/α,β-unsaturated/α-hetero) is 1. The number of fused-ring (bicyclic) bond motifs is 2. The molecule has 0 aromatic heterocycles. The summed E-state index contributed by atoms with van der Waals surface area (Å²) < 4.78 is 16.8. The molecule has 4 atom stereocenters. The first-order valence-electron chi connectivity index (χ1n) is 12.2.